The molecule has 3 heteroatoms. The first-order valence-corrected chi connectivity index (χ1v) is 4.52. The average molecular weight is 178 g/mol. The van der Waals surface area contributed by atoms with Gasteiger partial charge in [-0.25, -0.2) is 5.01 Å². The molecule has 0 amide bonds. The minimum Gasteiger partial charge on any atom is -0.378 e. The Kier molecular flexibility index (Phi) is 2.59. The van der Waals surface area contributed by atoms with Gasteiger partial charge in [0.15, 0.2) is 0 Å². The first-order valence-electron chi connectivity index (χ1n) is 4.52. The lowest BCUT2D eigenvalue weighted by Gasteiger charge is -2.31. The Morgan fingerprint density at radius 2 is 2.08 bits per heavy atom. The summed E-state index contributed by atoms with van der Waals surface area (Å²) in [7, 11) is 0. The van der Waals surface area contributed by atoms with E-state index in [-0.39, 0.29) is 6.04 Å². The summed E-state index contributed by atoms with van der Waals surface area (Å²) in [5, 5.41) is 1.85. The zero-order valence-corrected chi connectivity index (χ0v) is 7.52. The van der Waals surface area contributed by atoms with Crippen LogP contribution in [-0.4, -0.2) is 24.8 Å². The van der Waals surface area contributed by atoms with Gasteiger partial charge in [0, 0.05) is 6.54 Å². The van der Waals surface area contributed by atoms with E-state index in [4.69, 9.17) is 10.6 Å². The van der Waals surface area contributed by atoms with Crippen LogP contribution in [0.2, 0.25) is 0 Å². The van der Waals surface area contributed by atoms with Crippen LogP contribution in [0, 0.1) is 0 Å². The molecule has 1 atom stereocenters. The molecule has 0 saturated carbocycles. The molecular formula is C10H14N2O. The highest BCUT2D eigenvalue weighted by atomic mass is 16.5. The minimum absolute atomic E-state index is 0.218. The monoisotopic (exact) mass is 178 g/mol. The number of morpholine rings is 1. The fourth-order valence-corrected chi connectivity index (χ4v) is 1.58. The molecule has 0 spiro atoms. The number of hydrogen-bond acceptors (Lipinski definition) is 3. The molecule has 13 heavy (non-hydrogen) atoms. The highest BCUT2D eigenvalue weighted by molar-refractivity contribution is 5.19. The number of ether oxygens (including phenoxy) is 1. The van der Waals surface area contributed by atoms with Gasteiger partial charge < -0.3 is 4.74 Å². The Labute approximate surface area is 78.1 Å². The van der Waals surface area contributed by atoms with Gasteiger partial charge >= 0.3 is 0 Å². The van der Waals surface area contributed by atoms with E-state index in [9.17, 15) is 0 Å². The fourth-order valence-electron chi connectivity index (χ4n) is 1.58. The van der Waals surface area contributed by atoms with Crippen LogP contribution in [-0.2, 0) is 4.74 Å². The third-order valence-electron chi connectivity index (χ3n) is 2.35. The van der Waals surface area contributed by atoms with Crippen LogP contribution < -0.4 is 5.84 Å². The maximum atomic E-state index is 5.86. The van der Waals surface area contributed by atoms with E-state index in [1.807, 2.05) is 23.2 Å². The summed E-state index contributed by atoms with van der Waals surface area (Å²) in [6.07, 6.45) is 0. The molecule has 1 saturated heterocycles. The normalized spacial score (nSPS) is 24.5. The van der Waals surface area contributed by atoms with Gasteiger partial charge in [0.1, 0.15) is 0 Å². The quantitative estimate of drug-likeness (QED) is 0.650. The molecule has 0 bridgehead atoms. The lowest BCUT2D eigenvalue weighted by Crippen LogP contribution is -2.43. The van der Waals surface area contributed by atoms with Gasteiger partial charge in [0.25, 0.3) is 0 Å². The van der Waals surface area contributed by atoms with E-state index in [0.717, 1.165) is 13.2 Å². The third kappa shape index (κ3) is 1.88. The van der Waals surface area contributed by atoms with E-state index in [1.54, 1.807) is 0 Å². The van der Waals surface area contributed by atoms with E-state index in [1.165, 1.54) is 5.56 Å². The molecule has 3 nitrogen and oxygen atoms in total. The largest absolute Gasteiger partial charge is 0.378 e. The van der Waals surface area contributed by atoms with Crippen molar-refractivity contribution in [2.75, 3.05) is 19.8 Å². The third-order valence-corrected chi connectivity index (χ3v) is 2.35. The molecule has 1 aromatic rings. The topological polar surface area (TPSA) is 38.5 Å². The predicted molar refractivity (Wildman–Crippen MR) is 50.9 cm³/mol. The van der Waals surface area contributed by atoms with Crippen molar-refractivity contribution in [3.63, 3.8) is 0 Å². The zero-order valence-electron chi connectivity index (χ0n) is 7.52. The molecule has 0 aromatic heterocycles. The molecule has 70 valence electrons. The van der Waals surface area contributed by atoms with Gasteiger partial charge in [-0.05, 0) is 5.56 Å². The van der Waals surface area contributed by atoms with Crippen molar-refractivity contribution < 1.29 is 4.74 Å². The van der Waals surface area contributed by atoms with Crippen LogP contribution in [0.15, 0.2) is 30.3 Å². The van der Waals surface area contributed by atoms with Gasteiger partial charge in [-0.15, -0.1) is 0 Å². The molecule has 0 radical (unpaired) electrons. The Morgan fingerprint density at radius 1 is 1.31 bits per heavy atom. The van der Waals surface area contributed by atoms with Crippen molar-refractivity contribution in [3.8, 4) is 0 Å². The lowest BCUT2D eigenvalue weighted by atomic mass is 10.1. The molecular weight excluding hydrogens is 164 g/mol. The van der Waals surface area contributed by atoms with Crippen molar-refractivity contribution in [1.29, 1.82) is 0 Å². The zero-order chi connectivity index (χ0) is 9.10. The summed E-state index contributed by atoms with van der Waals surface area (Å²) in [6, 6.07) is 10.4. The second kappa shape index (κ2) is 3.87. The molecule has 1 heterocycles. The van der Waals surface area contributed by atoms with Gasteiger partial charge in [-0.2, -0.15) is 0 Å². The molecule has 1 aliphatic heterocycles. The summed E-state index contributed by atoms with van der Waals surface area (Å²) >= 11 is 0. The number of nitrogens with two attached hydrogens (primary N) is 1. The molecule has 1 aromatic carbocycles. The molecule has 2 rings (SSSR count). The highest BCUT2D eigenvalue weighted by Crippen LogP contribution is 2.20. The first-order chi connectivity index (χ1) is 6.38. The maximum absolute atomic E-state index is 5.86. The second-order valence-corrected chi connectivity index (χ2v) is 3.24. The first kappa shape index (κ1) is 8.69. The smallest absolute Gasteiger partial charge is 0.0725 e. The lowest BCUT2D eigenvalue weighted by molar-refractivity contribution is -0.00894. The predicted octanol–water partition coefficient (Wildman–Crippen LogP) is 0.934. The maximum Gasteiger partial charge on any atom is 0.0725 e. The van der Waals surface area contributed by atoms with Gasteiger partial charge in [-0.1, -0.05) is 30.3 Å². The summed E-state index contributed by atoms with van der Waals surface area (Å²) in [5.41, 5.74) is 1.23. The molecule has 2 N–H and O–H groups in total. The Bertz CT molecular complexity index is 263. The van der Waals surface area contributed by atoms with Crippen molar-refractivity contribution in [1.82, 2.24) is 5.01 Å². The van der Waals surface area contributed by atoms with E-state index >= 15 is 0 Å². The van der Waals surface area contributed by atoms with Gasteiger partial charge in [-0.3, -0.25) is 5.84 Å². The van der Waals surface area contributed by atoms with E-state index in [0.29, 0.717) is 6.61 Å². The highest BCUT2D eigenvalue weighted by Gasteiger charge is 2.21. The van der Waals surface area contributed by atoms with Crippen LogP contribution in [0.5, 0.6) is 0 Å². The number of hydrogen-bond donors (Lipinski definition) is 1. The number of rotatable bonds is 1. The number of nitrogens with zero attached hydrogens (tertiary/aromatic N) is 1. The minimum atomic E-state index is 0.218. The van der Waals surface area contributed by atoms with Crippen molar-refractivity contribution in [2.45, 2.75) is 6.04 Å². The second-order valence-electron chi connectivity index (χ2n) is 3.24. The summed E-state index contributed by atoms with van der Waals surface area (Å²) in [5.74, 6) is 5.86. The van der Waals surface area contributed by atoms with Crippen LogP contribution in [0.25, 0.3) is 0 Å². The molecule has 0 unspecified atom stereocenters. The van der Waals surface area contributed by atoms with Crippen molar-refractivity contribution in [2.24, 2.45) is 5.84 Å². The van der Waals surface area contributed by atoms with Gasteiger partial charge in [0.2, 0.25) is 0 Å². The fraction of sp³-hybridized carbons (Fsp3) is 0.400. The standard InChI is InChI=1S/C10H14N2O/c11-12-6-7-13-8-10(12)9-4-2-1-3-5-9/h1-5,10H,6-8,11H2/t10-/m0/s1. The average Bonchev–Trinajstić information content (AvgIpc) is 2.20. The van der Waals surface area contributed by atoms with E-state index < -0.39 is 0 Å². The number of hydrazine groups is 1. The summed E-state index contributed by atoms with van der Waals surface area (Å²) in [4.78, 5) is 0. The van der Waals surface area contributed by atoms with Crippen LogP contribution in [0.3, 0.4) is 0 Å². The van der Waals surface area contributed by atoms with Crippen LogP contribution in [0.4, 0.5) is 0 Å². The van der Waals surface area contributed by atoms with Crippen LogP contribution >= 0.6 is 0 Å². The molecule has 0 aliphatic carbocycles. The van der Waals surface area contributed by atoms with Crippen molar-refractivity contribution in [3.05, 3.63) is 35.9 Å². The number of benzene rings is 1. The Hall–Kier alpha value is -0.900. The SMILES string of the molecule is NN1CCOC[C@H]1c1ccccc1. The summed E-state index contributed by atoms with van der Waals surface area (Å²) in [6.45, 7) is 2.24. The Balaban J connectivity index is 2.15. The molecule has 1 aliphatic rings. The summed E-state index contributed by atoms with van der Waals surface area (Å²) < 4.78 is 5.39. The van der Waals surface area contributed by atoms with Crippen LogP contribution in [0.1, 0.15) is 11.6 Å². The Morgan fingerprint density at radius 3 is 2.77 bits per heavy atom. The van der Waals surface area contributed by atoms with Gasteiger partial charge in [0.05, 0.1) is 19.3 Å². The molecule has 1 fully saturated rings. The van der Waals surface area contributed by atoms with Crippen molar-refractivity contribution >= 4 is 0 Å². The van der Waals surface area contributed by atoms with E-state index in [2.05, 4.69) is 12.1 Å².